The van der Waals surface area contributed by atoms with Crippen LogP contribution in [0.2, 0.25) is 0 Å². The van der Waals surface area contributed by atoms with Crippen LogP contribution >= 0.6 is 0 Å². The molecule has 2 aromatic rings. The predicted octanol–water partition coefficient (Wildman–Crippen LogP) is 4.00. The molecule has 8 nitrogen and oxygen atoms in total. The highest BCUT2D eigenvalue weighted by atomic mass is 16.2. The van der Waals surface area contributed by atoms with Crippen LogP contribution in [0.1, 0.15) is 57.8 Å². The molecule has 0 spiro atoms. The first-order chi connectivity index (χ1) is 18.5. The zero-order valence-corrected chi connectivity index (χ0v) is 21.6. The molecule has 6 rings (SSSR count). The molecule has 0 heterocycles. The fraction of sp³-hybridized carbons (Fsp3) is 0.467. The second-order valence-corrected chi connectivity index (χ2v) is 11.0. The Balaban J connectivity index is 1.03. The minimum Gasteiger partial charge on any atom is -0.353 e. The molecular weight excluding hydrogens is 480 g/mol. The van der Waals surface area contributed by atoms with Gasteiger partial charge in [0.05, 0.1) is 0 Å². The molecule has 4 amide bonds. The molecule has 0 aromatic heterocycles. The van der Waals surface area contributed by atoms with Crippen LogP contribution in [0, 0.1) is 23.7 Å². The van der Waals surface area contributed by atoms with Crippen LogP contribution < -0.4 is 21.1 Å². The van der Waals surface area contributed by atoms with Crippen molar-refractivity contribution in [3.63, 3.8) is 0 Å². The minimum absolute atomic E-state index is 0.00581. The van der Waals surface area contributed by atoms with E-state index in [1.165, 1.54) is 32.1 Å². The first-order valence-corrected chi connectivity index (χ1v) is 13.8. The minimum atomic E-state index is -0.467. The Morgan fingerprint density at radius 2 is 1.05 bits per heavy atom. The van der Waals surface area contributed by atoms with Crippen molar-refractivity contribution in [2.24, 2.45) is 23.7 Å². The summed E-state index contributed by atoms with van der Waals surface area (Å²) in [6, 6.07) is 18.8. The molecule has 4 aliphatic carbocycles. The largest absolute Gasteiger partial charge is 0.353 e. The monoisotopic (exact) mass is 516 g/mol. The molecule has 8 heteroatoms. The summed E-state index contributed by atoms with van der Waals surface area (Å²) in [6.07, 6.45) is 6.24. The molecule has 4 saturated carbocycles. The number of rotatable bonds is 9. The van der Waals surface area contributed by atoms with Gasteiger partial charge in [-0.25, -0.2) is 0 Å². The Kier molecular flexibility index (Phi) is 8.05. The van der Waals surface area contributed by atoms with Gasteiger partial charge < -0.3 is 5.32 Å². The summed E-state index contributed by atoms with van der Waals surface area (Å²) in [5, 5.41) is 3.20. The molecule has 0 radical (unpaired) electrons. The van der Waals surface area contributed by atoms with E-state index in [4.69, 9.17) is 0 Å². The van der Waals surface area contributed by atoms with E-state index >= 15 is 0 Å². The Morgan fingerprint density at radius 3 is 1.55 bits per heavy atom. The number of amides is 4. The quantitative estimate of drug-likeness (QED) is 0.438. The van der Waals surface area contributed by atoms with Crippen molar-refractivity contribution in [2.45, 2.75) is 63.8 Å². The molecule has 4 aliphatic rings. The molecular formula is C30H36N4O4. The summed E-state index contributed by atoms with van der Waals surface area (Å²) in [5.74, 6) is 1.63. The van der Waals surface area contributed by atoms with Gasteiger partial charge in [-0.05, 0) is 80.0 Å². The summed E-state index contributed by atoms with van der Waals surface area (Å²) in [7, 11) is 0. The van der Waals surface area contributed by atoms with Crippen LogP contribution in [0.3, 0.4) is 0 Å². The number of carbonyl (C=O) groups excluding carboxylic acids is 4. The third-order valence-corrected chi connectivity index (χ3v) is 8.32. The third kappa shape index (κ3) is 6.23. The number of anilines is 2. The Labute approximate surface area is 223 Å². The summed E-state index contributed by atoms with van der Waals surface area (Å²) in [6.45, 7) is 0. The van der Waals surface area contributed by atoms with Gasteiger partial charge in [-0.3, -0.25) is 34.9 Å². The average Bonchev–Trinajstić information content (AvgIpc) is 2.92. The van der Waals surface area contributed by atoms with E-state index < -0.39 is 11.8 Å². The van der Waals surface area contributed by atoms with Crippen LogP contribution in [0.15, 0.2) is 60.7 Å². The van der Waals surface area contributed by atoms with Gasteiger partial charge in [-0.2, -0.15) is 0 Å². The van der Waals surface area contributed by atoms with Crippen LogP contribution in [0.5, 0.6) is 0 Å². The van der Waals surface area contributed by atoms with E-state index in [-0.39, 0.29) is 43.5 Å². The molecule has 2 aromatic carbocycles. The van der Waals surface area contributed by atoms with Gasteiger partial charge in [0.1, 0.15) is 0 Å². The van der Waals surface area contributed by atoms with Crippen LogP contribution in [-0.2, 0) is 19.2 Å². The molecule has 0 saturated heterocycles. The molecule has 4 bridgehead atoms. The molecule has 200 valence electrons. The molecule has 3 N–H and O–H groups in total. The Morgan fingerprint density at radius 1 is 0.605 bits per heavy atom. The van der Waals surface area contributed by atoms with Crippen molar-refractivity contribution in [3.8, 4) is 0 Å². The molecule has 0 atom stereocenters. The molecule has 0 unspecified atom stereocenters. The molecule has 0 aliphatic heterocycles. The smallest absolute Gasteiger partial charge is 0.238 e. The van der Waals surface area contributed by atoms with E-state index in [2.05, 4.69) is 16.2 Å². The van der Waals surface area contributed by atoms with Crippen molar-refractivity contribution in [1.82, 2.24) is 16.2 Å². The highest BCUT2D eigenvalue weighted by molar-refractivity contribution is 6.01. The van der Waals surface area contributed by atoms with E-state index in [1.54, 1.807) is 4.90 Å². The van der Waals surface area contributed by atoms with Gasteiger partial charge in [-0.1, -0.05) is 36.4 Å². The van der Waals surface area contributed by atoms with Crippen LogP contribution in [-0.4, -0.2) is 29.7 Å². The summed E-state index contributed by atoms with van der Waals surface area (Å²) in [5.41, 5.74) is 6.15. The fourth-order valence-corrected chi connectivity index (χ4v) is 6.83. The predicted molar refractivity (Wildman–Crippen MR) is 144 cm³/mol. The second-order valence-electron chi connectivity index (χ2n) is 11.0. The van der Waals surface area contributed by atoms with Gasteiger partial charge in [0.2, 0.25) is 23.6 Å². The highest BCUT2D eigenvalue weighted by Gasteiger charge is 2.48. The maximum Gasteiger partial charge on any atom is 0.238 e. The Bertz CT molecular complexity index is 1090. The van der Waals surface area contributed by atoms with Crippen LogP contribution in [0.4, 0.5) is 11.4 Å². The lowest BCUT2D eigenvalue weighted by molar-refractivity contribution is -0.131. The van der Waals surface area contributed by atoms with Crippen molar-refractivity contribution in [3.05, 3.63) is 60.7 Å². The fourth-order valence-electron chi connectivity index (χ4n) is 6.83. The third-order valence-electron chi connectivity index (χ3n) is 8.32. The lowest BCUT2D eigenvalue weighted by atomic mass is 9.54. The number of hydrogen-bond acceptors (Lipinski definition) is 4. The van der Waals surface area contributed by atoms with Crippen molar-refractivity contribution >= 4 is 35.0 Å². The maximum absolute atomic E-state index is 13.0. The van der Waals surface area contributed by atoms with Gasteiger partial charge in [0.15, 0.2) is 0 Å². The SMILES string of the molecule is O=C(CCC(=O)NC1C2CC3CC(C2)CC1C3)NNC(=O)CCC(=O)N(c1ccccc1)c1ccccc1. The van der Waals surface area contributed by atoms with Gasteiger partial charge in [0, 0.05) is 43.1 Å². The summed E-state index contributed by atoms with van der Waals surface area (Å²) >= 11 is 0. The number of nitrogens with zero attached hydrogens (tertiary/aromatic N) is 1. The van der Waals surface area contributed by atoms with Crippen molar-refractivity contribution < 1.29 is 19.2 Å². The zero-order valence-electron chi connectivity index (χ0n) is 21.6. The normalized spacial score (nSPS) is 24.9. The van der Waals surface area contributed by atoms with E-state index in [0.717, 1.165) is 11.8 Å². The second kappa shape index (κ2) is 11.8. The maximum atomic E-state index is 13.0. The van der Waals surface area contributed by atoms with E-state index in [9.17, 15) is 19.2 Å². The number of hydrazine groups is 1. The van der Waals surface area contributed by atoms with Crippen molar-refractivity contribution in [1.29, 1.82) is 0 Å². The summed E-state index contributed by atoms with van der Waals surface area (Å²) < 4.78 is 0. The zero-order chi connectivity index (χ0) is 26.5. The van der Waals surface area contributed by atoms with Gasteiger partial charge in [0.25, 0.3) is 0 Å². The number of nitrogens with one attached hydrogen (secondary N) is 3. The number of carbonyl (C=O) groups is 4. The highest BCUT2D eigenvalue weighted by Crippen LogP contribution is 2.53. The van der Waals surface area contributed by atoms with Gasteiger partial charge in [-0.15, -0.1) is 0 Å². The first kappa shape index (κ1) is 25.9. The first-order valence-electron chi connectivity index (χ1n) is 13.8. The molecule has 4 fully saturated rings. The van der Waals surface area contributed by atoms with E-state index in [1.807, 2.05) is 60.7 Å². The number of para-hydroxylation sites is 2. The number of hydrogen-bond donors (Lipinski definition) is 3. The lowest BCUT2D eigenvalue weighted by Crippen LogP contribution is -2.55. The van der Waals surface area contributed by atoms with E-state index in [0.29, 0.717) is 23.2 Å². The Hall–Kier alpha value is -3.68. The van der Waals surface area contributed by atoms with Crippen molar-refractivity contribution in [2.75, 3.05) is 4.90 Å². The molecule has 38 heavy (non-hydrogen) atoms. The lowest BCUT2D eigenvalue weighted by Gasteiger charge is -2.54. The standard InChI is InChI=1S/C30H36N4O4/c35-26(31-30-22-16-20-15-21(18-22)19-23(30)17-20)11-12-27(36)32-33-28(37)13-14-29(38)34(24-7-3-1-4-8-24)25-9-5-2-6-10-25/h1-10,20-23,30H,11-19H2,(H,31,35)(H,32,36)(H,33,37). The average molecular weight is 517 g/mol. The summed E-state index contributed by atoms with van der Waals surface area (Å²) in [4.78, 5) is 51.7. The number of benzene rings is 2. The van der Waals surface area contributed by atoms with Crippen LogP contribution in [0.25, 0.3) is 0 Å². The van der Waals surface area contributed by atoms with Gasteiger partial charge >= 0.3 is 0 Å². The topological polar surface area (TPSA) is 108 Å².